The fraction of sp³-hybridized carbons (Fsp3) is 0.375. The molecule has 1 aliphatic carbocycles. The number of aryl methyl sites for hydroxylation is 1. The Balaban J connectivity index is 1.45. The van der Waals surface area contributed by atoms with Crippen LogP contribution >= 0.6 is 0 Å². The number of benzene rings is 2. The molecule has 2 fully saturated rings. The van der Waals surface area contributed by atoms with Crippen LogP contribution in [0, 0.1) is 18.8 Å². The van der Waals surface area contributed by atoms with Crippen molar-refractivity contribution in [1.82, 2.24) is 0 Å². The lowest BCUT2D eigenvalue weighted by atomic mass is 9.81. The SMILES string of the molecule is Cc1ccc(C(=O)[C@@H](C)Oc2ccc(N3C(=O)[C@H]4CCCC[C@@H]4C3=O)cc2)cc1. The summed E-state index contributed by atoms with van der Waals surface area (Å²) in [7, 11) is 0. The first-order valence-electron chi connectivity index (χ1n) is 10.2. The van der Waals surface area contributed by atoms with Crippen LogP contribution in [0.5, 0.6) is 5.75 Å². The first-order valence-corrected chi connectivity index (χ1v) is 10.2. The summed E-state index contributed by atoms with van der Waals surface area (Å²) in [5.41, 5.74) is 2.27. The average molecular weight is 391 g/mol. The van der Waals surface area contributed by atoms with Gasteiger partial charge in [-0.3, -0.25) is 19.3 Å². The van der Waals surface area contributed by atoms with E-state index in [1.807, 2.05) is 19.1 Å². The summed E-state index contributed by atoms with van der Waals surface area (Å²) in [6.07, 6.45) is 2.97. The van der Waals surface area contributed by atoms with E-state index in [0.717, 1.165) is 31.2 Å². The Morgan fingerprint density at radius 2 is 1.48 bits per heavy atom. The molecule has 2 aromatic rings. The third-order valence-corrected chi connectivity index (χ3v) is 5.95. The van der Waals surface area contributed by atoms with Crippen LogP contribution < -0.4 is 9.64 Å². The maximum absolute atomic E-state index is 12.7. The molecule has 0 bridgehead atoms. The van der Waals surface area contributed by atoms with Crippen LogP contribution in [0.3, 0.4) is 0 Å². The van der Waals surface area contributed by atoms with Gasteiger partial charge in [-0.05, 0) is 51.0 Å². The monoisotopic (exact) mass is 391 g/mol. The number of anilines is 1. The molecule has 2 aromatic carbocycles. The molecule has 1 saturated heterocycles. The largest absolute Gasteiger partial charge is 0.483 e. The standard InChI is InChI=1S/C24H25NO4/c1-15-7-9-17(10-8-15)22(26)16(2)29-19-13-11-18(12-14-19)25-23(27)20-5-3-4-6-21(20)24(25)28/h7-14,16,20-21H,3-6H2,1-2H3/t16-,20+,21+/m1/s1. The summed E-state index contributed by atoms with van der Waals surface area (Å²) >= 11 is 0. The summed E-state index contributed by atoms with van der Waals surface area (Å²) in [6.45, 7) is 3.69. The highest BCUT2D eigenvalue weighted by Crippen LogP contribution is 2.40. The fourth-order valence-electron chi connectivity index (χ4n) is 4.30. The van der Waals surface area contributed by atoms with E-state index in [4.69, 9.17) is 4.74 Å². The van der Waals surface area contributed by atoms with Crippen molar-refractivity contribution in [1.29, 1.82) is 0 Å². The normalized spacial score (nSPS) is 22.3. The number of nitrogens with zero attached hydrogens (tertiary/aromatic N) is 1. The minimum Gasteiger partial charge on any atom is -0.483 e. The number of ether oxygens (including phenoxy) is 1. The van der Waals surface area contributed by atoms with Gasteiger partial charge in [-0.25, -0.2) is 0 Å². The minimum absolute atomic E-state index is 0.0868. The first kappa shape index (κ1) is 19.4. The first-order chi connectivity index (χ1) is 14.0. The predicted octanol–water partition coefficient (Wildman–Crippen LogP) is 4.32. The molecule has 1 saturated carbocycles. The molecule has 0 aromatic heterocycles. The van der Waals surface area contributed by atoms with Gasteiger partial charge in [0.25, 0.3) is 0 Å². The van der Waals surface area contributed by atoms with Crippen molar-refractivity contribution >= 4 is 23.3 Å². The van der Waals surface area contributed by atoms with Gasteiger partial charge in [-0.1, -0.05) is 42.7 Å². The Bertz CT molecular complexity index is 908. The van der Waals surface area contributed by atoms with Crippen molar-refractivity contribution < 1.29 is 19.1 Å². The second kappa shape index (κ2) is 7.82. The summed E-state index contributed by atoms with van der Waals surface area (Å²) in [5.74, 6) is -0.0764. The maximum Gasteiger partial charge on any atom is 0.237 e. The number of amides is 2. The Hall–Kier alpha value is -2.95. The molecule has 2 aliphatic rings. The van der Waals surface area contributed by atoms with Gasteiger partial charge in [0.05, 0.1) is 17.5 Å². The van der Waals surface area contributed by atoms with Gasteiger partial charge in [0.1, 0.15) is 5.75 Å². The molecule has 1 heterocycles. The van der Waals surface area contributed by atoms with E-state index in [0.29, 0.717) is 17.0 Å². The Kier molecular flexibility index (Phi) is 5.22. The second-order valence-electron chi connectivity index (χ2n) is 7.99. The van der Waals surface area contributed by atoms with Crippen molar-refractivity contribution in [3.8, 4) is 5.75 Å². The van der Waals surface area contributed by atoms with E-state index in [9.17, 15) is 14.4 Å². The fourth-order valence-corrected chi connectivity index (χ4v) is 4.30. The molecule has 0 radical (unpaired) electrons. The quantitative estimate of drug-likeness (QED) is 0.562. The molecule has 3 atom stereocenters. The van der Waals surface area contributed by atoms with E-state index in [1.165, 1.54) is 4.90 Å². The van der Waals surface area contributed by atoms with Gasteiger partial charge >= 0.3 is 0 Å². The van der Waals surface area contributed by atoms with Crippen LogP contribution in [0.4, 0.5) is 5.69 Å². The number of rotatable bonds is 5. The van der Waals surface area contributed by atoms with Crippen LogP contribution in [0.1, 0.15) is 48.5 Å². The maximum atomic E-state index is 12.7. The van der Waals surface area contributed by atoms with Crippen molar-refractivity contribution in [2.45, 2.75) is 45.6 Å². The van der Waals surface area contributed by atoms with Gasteiger partial charge in [0, 0.05) is 5.56 Å². The van der Waals surface area contributed by atoms with E-state index >= 15 is 0 Å². The number of carbonyl (C=O) groups is 3. The highest BCUT2D eigenvalue weighted by atomic mass is 16.5. The van der Waals surface area contributed by atoms with Crippen LogP contribution in [0.2, 0.25) is 0 Å². The molecule has 4 rings (SSSR count). The molecule has 5 nitrogen and oxygen atoms in total. The molecule has 2 amide bonds. The Morgan fingerprint density at radius 1 is 0.931 bits per heavy atom. The number of carbonyl (C=O) groups excluding carboxylic acids is 3. The van der Waals surface area contributed by atoms with Crippen LogP contribution in [-0.4, -0.2) is 23.7 Å². The van der Waals surface area contributed by atoms with Crippen molar-refractivity contribution in [3.05, 3.63) is 59.7 Å². The topological polar surface area (TPSA) is 63.7 Å². The van der Waals surface area contributed by atoms with Gasteiger partial charge in [-0.2, -0.15) is 0 Å². The molecule has 0 N–H and O–H groups in total. The number of ketones is 1. The van der Waals surface area contributed by atoms with Crippen LogP contribution in [0.15, 0.2) is 48.5 Å². The summed E-state index contributed by atoms with van der Waals surface area (Å²) < 4.78 is 5.79. The lowest BCUT2D eigenvalue weighted by Crippen LogP contribution is -2.30. The minimum atomic E-state index is -0.638. The number of hydrogen-bond acceptors (Lipinski definition) is 4. The van der Waals surface area contributed by atoms with Crippen molar-refractivity contribution in [2.75, 3.05) is 4.90 Å². The van der Waals surface area contributed by atoms with Gasteiger partial charge in [0.15, 0.2) is 6.10 Å². The lowest BCUT2D eigenvalue weighted by Gasteiger charge is -2.19. The van der Waals surface area contributed by atoms with Crippen LogP contribution in [0.25, 0.3) is 0 Å². The predicted molar refractivity (Wildman–Crippen MR) is 110 cm³/mol. The molecule has 0 spiro atoms. The van der Waals surface area contributed by atoms with Gasteiger partial charge in [-0.15, -0.1) is 0 Å². The molecule has 1 aliphatic heterocycles. The smallest absolute Gasteiger partial charge is 0.237 e. The Labute approximate surface area is 170 Å². The number of fused-ring (bicyclic) bond motifs is 1. The second-order valence-corrected chi connectivity index (χ2v) is 7.99. The summed E-state index contributed by atoms with van der Waals surface area (Å²) in [5, 5.41) is 0. The number of hydrogen-bond donors (Lipinski definition) is 0. The Morgan fingerprint density at radius 3 is 2.03 bits per heavy atom. The van der Waals surface area contributed by atoms with E-state index in [1.54, 1.807) is 43.3 Å². The van der Waals surface area contributed by atoms with Gasteiger partial charge in [0.2, 0.25) is 17.6 Å². The zero-order valence-corrected chi connectivity index (χ0v) is 16.8. The van der Waals surface area contributed by atoms with E-state index < -0.39 is 6.10 Å². The van der Waals surface area contributed by atoms with Crippen molar-refractivity contribution in [3.63, 3.8) is 0 Å². The lowest BCUT2D eigenvalue weighted by molar-refractivity contribution is -0.122. The third-order valence-electron chi connectivity index (χ3n) is 5.95. The number of imide groups is 1. The molecular weight excluding hydrogens is 366 g/mol. The molecular formula is C24H25NO4. The average Bonchev–Trinajstić information content (AvgIpc) is 2.99. The molecule has 0 unspecified atom stereocenters. The zero-order chi connectivity index (χ0) is 20.5. The molecule has 150 valence electrons. The summed E-state index contributed by atoms with van der Waals surface area (Å²) in [4.78, 5) is 39.3. The highest BCUT2D eigenvalue weighted by Gasteiger charge is 2.48. The van der Waals surface area contributed by atoms with Gasteiger partial charge < -0.3 is 4.74 Å². The van der Waals surface area contributed by atoms with E-state index in [2.05, 4.69) is 0 Å². The third kappa shape index (κ3) is 3.69. The summed E-state index contributed by atoms with van der Waals surface area (Å²) in [6, 6.07) is 14.2. The van der Waals surface area contributed by atoms with Crippen LogP contribution in [-0.2, 0) is 9.59 Å². The number of Topliss-reactive ketones (excluding diaryl/α,β-unsaturated/α-hetero) is 1. The van der Waals surface area contributed by atoms with Crippen molar-refractivity contribution in [2.24, 2.45) is 11.8 Å². The molecule has 5 heteroatoms. The van der Waals surface area contributed by atoms with E-state index in [-0.39, 0.29) is 29.4 Å². The highest BCUT2D eigenvalue weighted by molar-refractivity contribution is 6.22. The molecule has 29 heavy (non-hydrogen) atoms. The zero-order valence-electron chi connectivity index (χ0n) is 16.8.